The number of aryl methyl sites for hydroxylation is 1. The van der Waals surface area contributed by atoms with Gasteiger partial charge in [-0.25, -0.2) is 9.78 Å². The van der Waals surface area contributed by atoms with E-state index in [-0.39, 0.29) is 17.5 Å². The summed E-state index contributed by atoms with van der Waals surface area (Å²) < 4.78 is 7.49. The smallest absolute Gasteiger partial charge is 0.317 e. The molecule has 1 aromatic carbocycles. The van der Waals surface area contributed by atoms with Gasteiger partial charge >= 0.3 is 6.03 Å². The molecular formula is C20H26N4O2. The van der Waals surface area contributed by atoms with Crippen molar-refractivity contribution >= 4 is 6.03 Å². The third-order valence-corrected chi connectivity index (χ3v) is 5.76. The van der Waals surface area contributed by atoms with Crippen molar-refractivity contribution in [1.82, 2.24) is 19.8 Å². The Morgan fingerprint density at radius 3 is 2.88 bits per heavy atom. The highest BCUT2D eigenvalue weighted by Crippen LogP contribution is 2.47. The number of hydrogen-bond acceptors (Lipinski definition) is 3. The van der Waals surface area contributed by atoms with Crippen molar-refractivity contribution in [1.29, 1.82) is 0 Å². The molecule has 0 radical (unpaired) electrons. The van der Waals surface area contributed by atoms with E-state index in [1.165, 1.54) is 0 Å². The van der Waals surface area contributed by atoms with E-state index in [2.05, 4.69) is 20.9 Å². The van der Waals surface area contributed by atoms with Crippen molar-refractivity contribution in [3.8, 4) is 5.75 Å². The van der Waals surface area contributed by atoms with Crippen molar-refractivity contribution in [2.45, 2.75) is 38.8 Å². The van der Waals surface area contributed by atoms with E-state index >= 15 is 0 Å². The fourth-order valence-electron chi connectivity index (χ4n) is 3.69. The summed E-state index contributed by atoms with van der Waals surface area (Å²) in [4.78, 5) is 18.9. The zero-order valence-electron chi connectivity index (χ0n) is 15.4. The second-order valence-corrected chi connectivity index (χ2v) is 7.54. The zero-order valence-corrected chi connectivity index (χ0v) is 15.4. The normalized spacial score (nSPS) is 20.4. The molecule has 6 nitrogen and oxygen atoms in total. The van der Waals surface area contributed by atoms with Gasteiger partial charge in [-0.3, -0.25) is 0 Å². The van der Waals surface area contributed by atoms with Gasteiger partial charge in [0.1, 0.15) is 11.6 Å². The molecule has 2 amide bonds. The molecule has 2 aliphatic rings. The molecule has 1 aliphatic heterocycles. The molecule has 26 heavy (non-hydrogen) atoms. The number of rotatable bonds is 6. The number of amides is 2. The van der Waals surface area contributed by atoms with Crippen LogP contribution in [0.1, 0.15) is 36.7 Å². The lowest BCUT2D eigenvalue weighted by atomic mass is 9.95. The third kappa shape index (κ3) is 3.28. The first-order valence-corrected chi connectivity index (χ1v) is 9.26. The number of urea groups is 1. The van der Waals surface area contributed by atoms with Crippen LogP contribution in [0.3, 0.4) is 0 Å². The Morgan fingerprint density at radius 1 is 1.42 bits per heavy atom. The van der Waals surface area contributed by atoms with Gasteiger partial charge in [0.05, 0.1) is 13.2 Å². The monoisotopic (exact) mass is 354 g/mol. The van der Waals surface area contributed by atoms with Crippen LogP contribution < -0.4 is 10.1 Å². The fraction of sp³-hybridized carbons (Fsp3) is 0.500. The number of nitrogens with zero attached hydrogens (tertiary/aromatic N) is 3. The SMILES string of the molecule is COc1cccc([C@H]2CCN2C(=O)NCC2(Cn3ccnc3C)CC2)c1. The van der Waals surface area contributed by atoms with Gasteiger partial charge in [-0.15, -0.1) is 0 Å². The quantitative estimate of drug-likeness (QED) is 0.867. The van der Waals surface area contributed by atoms with E-state index in [0.29, 0.717) is 0 Å². The van der Waals surface area contributed by atoms with E-state index in [9.17, 15) is 4.79 Å². The second-order valence-electron chi connectivity index (χ2n) is 7.54. The van der Waals surface area contributed by atoms with Crippen LogP contribution >= 0.6 is 0 Å². The molecule has 0 unspecified atom stereocenters. The molecule has 1 aromatic heterocycles. The predicted octanol–water partition coefficient (Wildman–Crippen LogP) is 3.14. The molecule has 1 aliphatic carbocycles. The van der Waals surface area contributed by atoms with E-state index in [1.54, 1.807) is 7.11 Å². The molecule has 4 rings (SSSR count). The van der Waals surface area contributed by atoms with Gasteiger partial charge < -0.3 is 19.5 Å². The van der Waals surface area contributed by atoms with Crippen LogP contribution in [0, 0.1) is 12.3 Å². The summed E-state index contributed by atoms with van der Waals surface area (Å²) >= 11 is 0. The topological polar surface area (TPSA) is 59.4 Å². The molecule has 2 fully saturated rings. The predicted molar refractivity (Wildman–Crippen MR) is 99.1 cm³/mol. The number of carbonyl (C=O) groups excluding carboxylic acids is 1. The number of hydrogen-bond donors (Lipinski definition) is 1. The van der Waals surface area contributed by atoms with Gasteiger partial charge in [0.25, 0.3) is 0 Å². The van der Waals surface area contributed by atoms with Crippen LogP contribution in [-0.2, 0) is 6.54 Å². The van der Waals surface area contributed by atoms with Crippen molar-refractivity contribution in [3.63, 3.8) is 0 Å². The Hall–Kier alpha value is -2.50. The van der Waals surface area contributed by atoms with E-state index in [4.69, 9.17) is 4.74 Å². The lowest BCUT2D eigenvalue weighted by Crippen LogP contribution is -2.51. The van der Waals surface area contributed by atoms with Gasteiger partial charge in [-0.05, 0) is 43.9 Å². The van der Waals surface area contributed by atoms with Crippen molar-refractivity contribution in [2.24, 2.45) is 5.41 Å². The summed E-state index contributed by atoms with van der Waals surface area (Å²) in [7, 11) is 1.67. The zero-order chi connectivity index (χ0) is 18.1. The molecule has 0 bridgehead atoms. The fourth-order valence-corrected chi connectivity index (χ4v) is 3.69. The number of ether oxygens (including phenoxy) is 1. The van der Waals surface area contributed by atoms with Gasteiger partial charge in [-0.1, -0.05) is 12.1 Å². The molecule has 6 heteroatoms. The minimum absolute atomic E-state index is 0.0395. The van der Waals surface area contributed by atoms with Crippen LogP contribution in [-0.4, -0.2) is 40.7 Å². The average Bonchev–Trinajstić information content (AvgIpc) is 3.27. The van der Waals surface area contributed by atoms with E-state index < -0.39 is 0 Å². The molecule has 1 atom stereocenters. The molecule has 2 heterocycles. The highest BCUT2D eigenvalue weighted by Gasteiger charge is 2.44. The Morgan fingerprint density at radius 2 is 2.27 bits per heavy atom. The van der Waals surface area contributed by atoms with Crippen LogP contribution in [0.4, 0.5) is 4.79 Å². The average molecular weight is 354 g/mol. The summed E-state index contributed by atoms with van der Waals surface area (Å²) in [6.07, 6.45) is 7.17. The number of benzene rings is 1. The highest BCUT2D eigenvalue weighted by molar-refractivity contribution is 5.75. The minimum Gasteiger partial charge on any atom is -0.497 e. The number of imidazole rings is 1. The maximum atomic E-state index is 12.7. The number of nitrogens with one attached hydrogen (secondary N) is 1. The van der Waals surface area contributed by atoms with E-state index in [0.717, 1.165) is 56.0 Å². The Kier molecular flexibility index (Phi) is 4.34. The Bertz CT molecular complexity index is 797. The summed E-state index contributed by atoms with van der Waals surface area (Å²) in [6.45, 7) is 4.48. The largest absolute Gasteiger partial charge is 0.497 e. The molecule has 1 N–H and O–H groups in total. The first-order chi connectivity index (χ1) is 12.6. The van der Waals surface area contributed by atoms with Crippen molar-refractivity contribution in [2.75, 3.05) is 20.2 Å². The summed E-state index contributed by atoms with van der Waals surface area (Å²) in [6, 6.07) is 8.19. The molecule has 1 saturated heterocycles. The lowest BCUT2D eigenvalue weighted by molar-refractivity contribution is 0.113. The summed E-state index contributed by atoms with van der Waals surface area (Å²) in [5, 5.41) is 3.17. The number of methoxy groups -OCH3 is 1. The molecule has 1 saturated carbocycles. The van der Waals surface area contributed by atoms with Gasteiger partial charge in [0, 0.05) is 37.4 Å². The third-order valence-electron chi connectivity index (χ3n) is 5.76. The van der Waals surface area contributed by atoms with Crippen LogP contribution in [0.2, 0.25) is 0 Å². The van der Waals surface area contributed by atoms with Gasteiger partial charge in [0.15, 0.2) is 0 Å². The maximum absolute atomic E-state index is 12.7. The van der Waals surface area contributed by atoms with Crippen LogP contribution in [0.15, 0.2) is 36.7 Å². The van der Waals surface area contributed by atoms with Crippen LogP contribution in [0.5, 0.6) is 5.75 Å². The van der Waals surface area contributed by atoms with Crippen molar-refractivity contribution in [3.05, 3.63) is 48.0 Å². The number of carbonyl (C=O) groups is 1. The first kappa shape index (κ1) is 16.9. The van der Waals surface area contributed by atoms with Crippen molar-refractivity contribution < 1.29 is 9.53 Å². The van der Waals surface area contributed by atoms with Gasteiger partial charge in [0.2, 0.25) is 0 Å². The minimum atomic E-state index is 0.0395. The highest BCUT2D eigenvalue weighted by atomic mass is 16.5. The number of likely N-dealkylation sites (tertiary alicyclic amines) is 1. The van der Waals surface area contributed by atoms with Gasteiger partial charge in [-0.2, -0.15) is 0 Å². The Labute approximate surface area is 154 Å². The first-order valence-electron chi connectivity index (χ1n) is 9.26. The standard InChI is InChI=1S/C20H26N4O2/c1-15-21-9-11-23(15)14-20(7-8-20)13-22-19(25)24-10-6-18(24)16-4-3-5-17(12-16)26-2/h3-5,9,11-12,18H,6-8,10,13-14H2,1-2H3,(H,22,25)/t18-/m1/s1. The molecular weight excluding hydrogens is 328 g/mol. The molecule has 2 aromatic rings. The molecule has 0 spiro atoms. The Balaban J connectivity index is 1.34. The maximum Gasteiger partial charge on any atom is 0.317 e. The van der Waals surface area contributed by atoms with E-state index in [1.807, 2.05) is 42.4 Å². The summed E-state index contributed by atoms with van der Waals surface area (Å²) in [5.74, 6) is 1.87. The summed E-state index contributed by atoms with van der Waals surface area (Å²) in [5.41, 5.74) is 1.33. The second kappa shape index (κ2) is 6.67. The molecule has 138 valence electrons. The number of aromatic nitrogens is 2. The lowest BCUT2D eigenvalue weighted by Gasteiger charge is -2.41. The van der Waals surface area contributed by atoms with Crippen LogP contribution in [0.25, 0.3) is 0 Å².